The van der Waals surface area contributed by atoms with Crippen molar-refractivity contribution in [1.82, 2.24) is 4.90 Å². The highest BCUT2D eigenvalue weighted by molar-refractivity contribution is 5.25. The highest BCUT2D eigenvalue weighted by Gasteiger charge is 2.33. The van der Waals surface area contributed by atoms with E-state index in [1.807, 2.05) is 0 Å². The molecule has 2 atom stereocenters. The minimum Gasteiger partial charge on any atom is -0.375 e. The smallest absolute Gasteiger partial charge is 0.0580 e. The molecule has 1 heterocycles. The molecule has 0 spiro atoms. The van der Waals surface area contributed by atoms with Crippen molar-refractivity contribution in [3.05, 3.63) is 36.1 Å². The molecule has 4 rings (SSSR count). The van der Waals surface area contributed by atoms with Crippen molar-refractivity contribution in [3.8, 4) is 0 Å². The quantitative estimate of drug-likeness (QED) is 0.561. The highest BCUT2D eigenvalue weighted by Crippen LogP contribution is 2.35. The van der Waals surface area contributed by atoms with E-state index in [1.165, 1.54) is 82.6 Å². The zero-order chi connectivity index (χ0) is 17.8. The lowest BCUT2D eigenvalue weighted by Gasteiger charge is -2.44. The summed E-state index contributed by atoms with van der Waals surface area (Å²) in [4.78, 5) is 2.71. The molecular weight excluding hydrogens is 318 g/mol. The topological polar surface area (TPSA) is 12.5 Å². The molecule has 2 saturated carbocycles. The molecule has 2 nitrogen and oxygen atoms in total. The van der Waals surface area contributed by atoms with Crippen LogP contribution in [0.25, 0.3) is 0 Å². The van der Waals surface area contributed by atoms with Gasteiger partial charge in [-0.05, 0) is 70.3 Å². The minimum absolute atomic E-state index is 0.521. The largest absolute Gasteiger partial charge is 0.375 e. The van der Waals surface area contributed by atoms with Crippen molar-refractivity contribution in [2.75, 3.05) is 0 Å². The van der Waals surface area contributed by atoms with E-state index in [1.54, 1.807) is 0 Å². The predicted molar refractivity (Wildman–Crippen MR) is 109 cm³/mol. The first kappa shape index (κ1) is 18.3. The van der Waals surface area contributed by atoms with Gasteiger partial charge in [-0.3, -0.25) is 0 Å². The summed E-state index contributed by atoms with van der Waals surface area (Å²) in [5.74, 6) is 0.695. The Balaban J connectivity index is 1.34. The van der Waals surface area contributed by atoms with Gasteiger partial charge < -0.3 is 9.64 Å². The van der Waals surface area contributed by atoms with Crippen LogP contribution in [0.15, 0.2) is 36.1 Å². The lowest BCUT2D eigenvalue weighted by atomic mass is 9.83. The van der Waals surface area contributed by atoms with Gasteiger partial charge in [-0.25, -0.2) is 0 Å². The fraction of sp³-hybridized carbons (Fsp3) is 0.750. The minimum atomic E-state index is 0.521. The molecule has 0 aromatic rings. The SMILES string of the molecule is CC1=CN(C2CCC(OC3CCCCC3)CC2)C(C2C=CCCC2)C=C1. The molecule has 0 aromatic heterocycles. The van der Waals surface area contributed by atoms with Gasteiger partial charge in [0.05, 0.1) is 18.2 Å². The zero-order valence-corrected chi connectivity index (χ0v) is 16.6. The number of allylic oxidation sites excluding steroid dienone is 3. The van der Waals surface area contributed by atoms with Crippen LogP contribution in [0.1, 0.15) is 84.0 Å². The molecule has 2 unspecified atom stereocenters. The summed E-state index contributed by atoms with van der Waals surface area (Å²) >= 11 is 0. The molecule has 2 heteroatoms. The molecule has 0 saturated heterocycles. The van der Waals surface area contributed by atoms with Crippen LogP contribution >= 0.6 is 0 Å². The maximum absolute atomic E-state index is 6.47. The third-order valence-corrected chi connectivity index (χ3v) is 6.99. The van der Waals surface area contributed by atoms with Crippen molar-refractivity contribution in [2.45, 2.75) is 108 Å². The van der Waals surface area contributed by atoms with Crippen LogP contribution in [-0.4, -0.2) is 29.2 Å². The van der Waals surface area contributed by atoms with Gasteiger partial charge in [-0.2, -0.15) is 0 Å². The summed E-state index contributed by atoms with van der Waals surface area (Å²) < 4.78 is 6.47. The number of rotatable bonds is 4. The number of nitrogens with zero attached hydrogens (tertiary/aromatic N) is 1. The first-order chi connectivity index (χ1) is 12.8. The van der Waals surface area contributed by atoms with E-state index in [2.05, 4.69) is 42.3 Å². The molecule has 0 amide bonds. The number of hydrogen-bond acceptors (Lipinski definition) is 2. The van der Waals surface area contributed by atoms with Gasteiger partial charge in [-0.1, -0.05) is 43.6 Å². The lowest BCUT2D eigenvalue weighted by Crippen LogP contribution is -2.46. The van der Waals surface area contributed by atoms with Crippen molar-refractivity contribution < 1.29 is 4.74 Å². The Hall–Kier alpha value is -1.02. The van der Waals surface area contributed by atoms with Crippen LogP contribution in [0.5, 0.6) is 0 Å². The average molecular weight is 356 g/mol. The Morgan fingerprint density at radius 3 is 2.35 bits per heavy atom. The van der Waals surface area contributed by atoms with E-state index in [9.17, 15) is 0 Å². The molecule has 26 heavy (non-hydrogen) atoms. The first-order valence-corrected chi connectivity index (χ1v) is 11.3. The van der Waals surface area contributed by atoms with Crippen molar-refractivity contribution >= 4 is 0 Å². The van der Waals surface area contributed by atoms with E-state index in [0.717, 1.165) is 0 Å². The molecule has 0 radical (unpaired) electrons. The van der Waals surface area contributed by atoms with Crippen molar-refractivity contribution in [2.24, 2.45) is 5.92 Å². The molecule has 4 aliphatic rings. The summed E-state index contributed by atoms with van der Waals surface area (Å²) in [5, 5.41) is 0. The van der Waals surface area contributed by atoms with Crippen LogP contribution in [-0.2, 0) is 4.74 Å². The standard InChI is InChI=1S/C24H37NO/c1-19-12-17-24(20-8-4-2-5-9-20)25(18-19)21-13-15-23(16-14-21)26-22-10-6-3-7-11-22/h4,8,12,17-18,20-24H,2-3,5-7,9-11,13-16H2,1H3. The van der Waals surface area contributed by atoms with Gasteiger partial charge in [0.15, 0.2) is 0 Å². The molecule has 2 fully saturated rings. The molecule has 1 aliphatic heterocycles. The van der Waals surface area contributed by atoms with E-state index >= 15 is 0 Å². The van der Waals surface area contributed by atoms with Gasteiger partial charge >= 0.3 is 0 Å². The maximum atomic E-state index is 6.47. The van der Waals surface area contributed by atoms with Crippen molar-refractivity contribution in [1.29, 1.82) is 0 Å². The summed E-state index contributed by atoms with van der Waals surface area (Å²) in [7, 11) is 0. The molecule has 3 aliphatic carbocycles. The summed E-state index contributed by atoms with van der Waals surface area (Å²) in [6.07, 6.45) is 29.0. The maximum Gasteiger partial charge on any atom is 0.0580 e. The van der Waals surface area contributed by atoms with Gasteiger partial charge in [0.2, 0.25) is 0 Å². The number of ether oxygens (including phenoxy) is 1. The second-order valence-electron chi connectivity index (χ2n) is 9.02. The van der Waals surface area contributed by atoms with Gasteiger partial charge in [0.1, 0.15) is 0 Å². The van der Waals surface area contributed by atoms with Crippen LogP contribution < -0.4 is 0 Å². The summed E-state index contributed by atoms with van der Waals surface area (Å²) in [5.41, 5.74) is 1.40. The van der Waals surface area contributed by atoms with Crippen molar-refractivity contribution in [3.63, 3.8) is 0 Å². The van der Waals surface area contributed by atoms with Crippen LogP contribution in [0.3, 0.4) is 0 Å². The van der Waals surface area contributed by atoms with E-state index < -0.39 is 0 Å². The fourth-order valence-electron chi connectivity index (χ4n) is 5.50. The Labute approximate surface area is 160 Å². The first-order valence-electron chi connectivity index (χ1n) is 11.3. The second-order valence-corrected chi connectivity index (χ2v) is 9.02. The Kier molecular flexibility index (Phi) is 6.20. The monoisotopic (exact) mass is 355 g/mol. The summed E-state index contributed by atoms with van der Waals surface area (Å²) in [6.45, 7) is 2.24. The second kappa shape index (κ2) is 8.78. The van der Waals surface area contributed by atoms with E-state index in [0.29, 0.717) is 30.2 Å². The van der Waals surface area contributed by atoms with Gasteiger partial charge in [-0.15, -0.1) is 0 Å². The molecule has 0 aromatic carbocycles. The van der Waals surface area contributed by atoms with E-state index in [4.69, 9.17) is 4.74 Å². The average Bonchev–Trinajstić information content (AvgIpc) is 2.70. The Morgan fingerprint density at radius 1 is 0.846 bits per heavy atom. The fourth-order valence-corrected chi connectivity index (χ4v) is 5.50. The van der Waals surface area contributed by atoms with Crippen LogP contribution in [0.2, 0.25) is 0 Å². The molecule has 0 N–H and O–H groups in total. The predicted octanol–water partition coefficient (Wildman–Crippen LogP) is 6.15. The lowest BCUT2D eigenvalue weighted by molar-refractivity contribution is -0.0544. The third-order valence-electron chi connectivity index (χ3n) is 6.99. The normalized spacial score (nSPS) is 36.2. The van der Waals surface area contributed by atoms with Crippen LogP contribution in [0, 0.1) is 5.92 Å². The van der Waals surface area contributed by atoms with Crippen LogP contribution in [0.4, 0.5) is 0 Å². The number of hydrogen-bond donors (Lipinski definition) is 0. The third kappa shape index (κ3) is 4.44. The molecular formula is C24H37NO. The Bertz CT molecular complexity index is 534. The van der Waals surface area contributed by atoms with Gasteiger partial charge in [0.25, 0.3) is 0 Å². The van der Waals surface area contributed by atoms with E-state index in [-0.39, 0.29) is 0 Å². The zero-order valence-electron chi connectivity index (χ0n) is 16.6. The Morgan fingerprint density at radius 2 is 1.62 bits per heavy atom. The highest BCUT2D eigenvalue weighted by atomic mass is 16.5. The molecule has 0 bridgehead atoms. The summed E-state index contributed by atoms with van der Waals surface area (Å²) in [6, 6.07) is 1.26. The molecule has 144 valence electrons. The van der Waals surface area contributed by atoms with Gasteiger partial charge in [0, 0.05) is 18.2 Å².